The van der Waals surface area contributed by atoms with Crippen LogP contribution in [0.3, 0.4) is 0 Å². The quantitative estimate of drug-likeness (QED) is 0.850. The molecule has 1 aliphatic rings. The smallest absolute Gasteiger partial charge is 0.263 e. The molecule has 0 aliphatic carbocycles. The molecular formula is C14H15BrN2O2S2. The number of rotatable bonds is 3. The fraction of sp³-hybridized carbons (Fsp3) is 0.286. The molecule has 112 valence electrons. The first-order chi connectivity index (χ1) is 9.97. The molecule has 1 aliphatic heterocycles. The number of hydrogen-bond acceptors (Lipinski definition) is 4. The standard InChI is InChI=1S/C14H15BrN2O2S2/c1-9-13(7-14(15)20-9)21(18,19)17-12-4-2-3-10-8-16-6-5-11(10)12/h2-4,7,16-17H,5-6,8H2,1H3. The van der Waals surface area contributed by atoms with Crippen LogP contribution in [0.2, 0.25) is 0 Å². The molecule has 0 saturated heterocycles. The van der Waals surface area contributed by atoms with Gasteiger partial charge < -0.3 is 5.32 Å². The third-order valence-electron chi connectivity index (χ3n) is 3.52. The Kier molecular flexibility index (Phi) is 4.09. The maximum absolute atomic E-state index is 12.6. The minimum absolute atomic E-state index is 0.339. The lowest BCUT2D eigenvalue weighted by Gasteiger charge is -2.21. The first-order valence-electron chi connectivity index (χ1n) is 6.57. The molecule has 0 unspecified atom stereocenters. The number of fused-ring (bicyclic) bond motifs is 1. The van der Waals surface area contributed by atoms with Crippen molar-refractivity contribution in [3.05, 3.63) is 44.1 Å². The SMILES string of the molecule is Cc1sc(Br)cc1S(=O)(=O)Nc1cccc2c1CCNC2. The van der Waals surface area contributed by atoms with Gasteiger partial charge in [0.25, 0.3) is 10.0 Å². The lowest BCUT2D eigenvalue weighted by molar-refractivity contribution is 0.600. The summed E-state index contributed by atoms with van der Waals surface area (Å²) in [6, 6.07) is 7.41. The average molecular weight is 387 g/mol. The van der Waals surface area contributed by atoms with Gasteiger partial charge in [-0.3, -0.25) is 4.72 Å². The first-order valence-corrected chi connectivity index (χ1v) is 9.67. The summed E-state index contributed by atoms with van der Waals surface area (Å²) < 4.78 is 28.7. The Morgan fingerprint density at radius 3 is 2.90 bits per heavy atom. The zero-order valence-corrected chi connectivity index (χ0v) is 14.7. The maximum atomic E-state index is 12.6. The van der Waals surface area contributed by atoms with E-state index in [0.29, 0.717) is 10.6 Å². The van der Waals surface area contributed by atoms with Gasteiger partial charge in [0.15, 0.2) is 0 Å². The van der Waals surface area contributed by atoms with Crippen molar-refractivity contribution in [2.75, 3.05) is 11.3 Å². The summed E-state index contributed by atoms with van der Waals surface area (Å²) in [5.41, 5.74) is 2.94. The van der Waals surface area contributed by atoms with Gasteiger partial charge in [-0.05, 0) is 59.1 Å². The van der Waals surface area contributed by atoms with Crippen LogP contribution >= 0.6 is 27.3 Å². The number of anilines is 1. The first kappa shape index (κ1) is 15.0. The van der Waals surface area contributed by atoms with Gasteiger partial charge in [0, 0.05) is 11.4 Å². The number of hydrogen-bond donors (Lipinski definition) is 2. The van der Waals surface area contributed by atoms with Crippen molar-refractivity contribution >= 4 is 43.0 Å². The lowest BCUT2D eigenvalue weighted by atomic mass is 9.99. The summed E-state index contributed by atoms with van der Waals surface area (Å²) in [6.45, 7) is 3.47. The van der Waals surface area contributed by atoms with E-state index in [0.717, 1.165) is 39.3 Å². The molecule has 1 aromatic carbocycles. The lowest BCUT2D eigenvalue weighted by Crippen LogP contribution is -2.25. The van der Waals surface area contributed by atoms with E-state index in [1.807, 2.05) is 25.1 Å². The molecule has 0 fully saturated rings. The van der Waals surface area contributed by atoms with Crippen molar-refractivity contribution in [2.45, 2.75) is 24.8 Å². The van der Waals surface area contributed by atoms with E-state index in [1.54, 1.807) is 6.07 Å². The van der Waals surface area contributed by atoms with Crippen LogP contribution < -0.4 is 10.0 Å². The predicted molar refractivity (Wildman–Crippen MR) is 89.4 cm³/mol. The van der Waals surface area contributed by atoms with Crippen LogP contribution in [-0.2, 0) is 23.0 Å². The van der Waals surface area contributed by atoms with E-state index in [2.05, 4.69) is 26.0 Å². The van der Waals surface area contributed by atoms with E-state index < -0.39 is 10.0 Å². The van der Waals surface area contributed by atoms with Gasteiger partial charge in [0.2, 0.25) is 0 Å². The van der Waals surface area contributed by atoms with E-state index in [1.165, 1.54) is 11.3 Å². The van der Waals surface area contributed by atoms with E-state index in [9.17, 15) is 8.42 Å². The summed E-state index contributed by atoms with van der Waals surface area (Å²) in [7, 11) is -3.55. The van der Waals surface area contributed by atoms with Gasteiger partial charge in [0.1, 0.15) is 4.90 Å². The molecule has 0 amide bonds. The van der Waals surface area contributed by atoms with Crippen molar-refractivity contribution in [3.63, 3.8) is 0 Å². The average Bonchev–Trinajstić information content (AvgIpc) is 2.79. The van der Waals surface area contributed by atoms with Gasteiger partial charge >= 0.3 is 0 Å². The zero-order valence-electron chi connectivity index (χ0n) is 11.4. The molecule has 1 aromatic heterocycles. The molecule has 2 heterocycles. The van der Waals surface area contributed by atoms with Crippen molar-refractivity contribution in [1.29, 1.82) is 0 Å². The molecule has 2 N–H and O–H groups in total. The highest BCUT2D eigenvalue weighted by atomic mass is 79.9. The topological polar surface area (TPSA) is 58.2 Å². The number of aryl methyl sites for hydroxylation is 1. The Morgan fingerprint density at radius 2 is 2.19 bits per heavy atom. The third kappa shape index (κ3) is 3.01. The summed E-state index contributed by atoms with van der Waals surface area (Å²) >= 11 is 4.76. The minimum Gasteiger partial charge on any atom is -0.312 e. The predicted octanol–water partition coefficient (Wildman–Crippen LogP) is 3.27. The largest absolute Gasteiger partial charge is 0.312 e. The van der Waals surface area contributed by atoms with Crippen molar-refractivity contribution in [2.24, 2.45) is 0 Å². The zero-order chi connectivity index (χ0) is 15.0. The fourth-order valence-electron chi connectivity index (χ4n) is 2.52. The molecular weight excluding hydrogens is 372 g/mol. The second-order valence-corrected chi connectivity index (χ2v) is 9.23. The van der Waals surface area contributed by atoms with Gasteiger partial charge in [-0.2, -0.15) is 0 Å². The van der Waals surface area contributed by atoms with Crippen LogP contribution in [0, 0.1) is 6.92 Å². The van der Waals surface area contributed by atoms with Crippen LogP contribution in [-0.4, -0.2) is 15.0 Å². The molecule has 3 rings (SSSR count). The Balaban J connectivity index is 1.98. The number of sulfonamides is 1. The van der Waals surface area contributed by atoms with E-state index in [-0.39, 0.29) is 0 Å². The van der Waals surface area contributed by atoms with E-state index >= 15 is 0 Å². The number of nitrogens with one attached hydrogen (secondary N) is 2. The summed E-state index contributed by atoms with van der Waals surface area (Å²) in [5, 5.41) is 3.29. The van der Waals surface area contributed by atoms with Crippen molar-refractivity contribution in [3.8, 4) is 0 Å². The Hall–Kier alpha value is -0.890. The summed E-state index contributed by atoms with van der Waals surface area (Å²) in [6.07, 6.45) is 0.834. The number of benzene rings is 1. The molecule has 0 atom stereocenters. The van der Waals surface area contributed by atoms with Crippen LogP contribution in [0.4, 0.5) is 5.69 Å². The summed E-state index contributed by atoms with van der Waals surface area (Å²) in [5.74, 6) is 0. The fourth-order valence-corrected chi connectivity index (χ4v) is 6.03. The maximum Gasteiger partial charge on any atom is 0.263 e. The van der Waals surface area contributed by atoms with Gasteiger partial charge in [-0.1, -0.05) is 12.1 Å². The van der Waals surface area contributed by atoms with Crippen LogP contribution in [0.25, 0.3) is 0 Å². The second-order valence-electron chi connectivity index (χ2n) is 4.95. The number of halogens is 1. The minimum atomic E-state index is -3.55. The van der Waals surface area contributed by atoms with Gasteiger partial charge in [-0.25, -0.2) is 8.42 Å². The third-order valence-corrected chi connectivity index (χ3v) is 6.69. The Morgan fingerprint density at radius 1 is 1.38 bits per heavy atom. The molecule has 0 spiro atoms. The number of thiophene rings is 1. The molecule has 0 bridgehead atoms. The van der Waals surface area contributed by atoms with Crippen molar-refractivity contribution < 1.29 is 8.42 Å². The summed E-state index contributed by atoms with van der Waals surface area (Å²) in [4.78, 5) is 1.12. The second kappa shape index (κ2) is 5.72. The molecule has 7 heteroatoms. The van der Waals surface area contributed by atoms with Crippen molar-refractivity contribution in [1.82, 2.24) is 5.32 Å². The van der Waals surface area contributed by atoms with Crippen LogP contribution in [0.1, 0.15) is 16.0 Å². The molecule has 0 radical (unpaired) electrons. The highest BCUT2D eigenvalue weighted by molar-refractivity contribution is 9.11. The normalized spacial score (nSPS) is 14.8. The highest BCUT2D eigenvalue weighted by Gasteiger charge is 2.22. The molecule has 21 heavy (non-hydrogen) atoms. The molecule has 0 saturated carbocycles. The molecule has 2 aromatic rings. The molecule has 4 nitrogen and oxygen atoms in total. The van der Waals surface area contributed by atoms with Gasteiger partial charge in [-0.15, -0.1) is 11.3 Å². The highest BCUT2D eigenvalue weighted by Crippen LogP contribution is 2.32. The Labute approximate surface area is 136 Å². The van der Waals surface area contributed by atoms with Crippen LogP contribution in [0.5, 0.6) is 0 Å². The van der Waals surface area contributed by atoms with Crippen LogP contribution in [0.15, 0.2) is 32.9 Å². The van der Waals surface area contributed by atoms with Gasteiger partial charge in [0.05, 0.1) is 9.47 Å². The Bertz CT molecular complexity index is 784. The monoisotopic (exact) mass is 386 g/mol. The van der Waals surface area contributed by atoms with E-state index in [4.69, 9.17) is 0 Å².